The predicted octanol–water partition coefficient (Wildman–Crippen LogP) is 3.54. The fourth-order valence-corrected chi connectivity index (χ4v) is 2.14. The molecule has 0 bridgehead atoms. The third-order valence-electron chi connectivity index (χ3n) is 2.56. The summed E-state index contributed by atoms with van der Waals surface area (Å²) in [6, 6.07) is 15.1. The molecule has 0 spiro atoms. The Morgan fingerprint density at radius 1 is 1.05 bits per heavy atom. The van der Waals surface area contributed by atoms with Gasteiger partial charge in [-0.1, -0.05) is 36.5 Å². The lowest BCUT2D eigenvalue weighted by Crippen LogP contribution is -2.11. The first-order valence-corrected chi connectivity index (χ1v) is 7.27. The van der Waals surface area contributed by atoms with Gasteiger partial charge >= 0.3 is 0 Å². The average molecular weight is 352 g/mol. The van der Waals surface area contributed by atoms with Gasteiger partial charge in [-0.05, 0) is 40.2 Å². The summed E-state index contributed by atoms with van der Waals surface area (Å²) in [7, 11) is 0. The number of hydrogen-bond donors (Lipinski definition) is 1. The summed E-state index contributed by atoms with van der Waals surface area (Å²) in [4.78, 5) is 0.361. The molecule has 2 aromatic rings. The third kappa shape index (κ3) is 4.21. The monoisotopic (exact) mass is 351 g/mol. The number of nitrogens with two attached hydrogens (primary N) is 1. The summed E-state index contributed by atoms with van der Waals surface area (Å²) in [6.45, 7) is 0.905. The fourth-order valence-electron chi connectivity index (χ4n) is 1.61. The molecule has 2 aromatic carbocycles. The number of rotatable bonds is 6. The number of para-hydroxylation sites is 1. The van der Waals surface area contributed by atoms with Gasteiger partial charge in [0, 0.05) is 5.56 Å². The first-order chi connectivity index (χ1) is 9.66. The highest BCUT2D eigenvalue weighted by Gasteiger charge is 2.01. The maximum Gasteiger partial charge on any atom is 0.133 e. The number of ether oxygens (including phenoxy) is 2. The molecule has 20 heavy (non-hydrogen) atoms. The smallest absolute Gasteiger partial charge is 0.133 e. The summed E-state index contributed by atoms with van der Waals surface area (Å²) in [6.07, 6.45) is 0. The summed E-state index contributed by atoms with van der Waals surface area (Å²) < 4.78 is 12.1. The summed E-state index contributed by atoms with van der Waals surface area (Å²) in [5.74, 6) is 1.53. The van der Waals surface area contributed by atoms with Gasteiger partial charge in [-0.25, -0.2) is 0 Å². The lowest BCUT2D eigenvalue weighted by molar-refractivity contribution is 0.216. The van der Waals surface area contributed by atoms with Crippen LogP contribution in [0.5, 0.6) is 11.5 Å². The predicted molar refractivity (Wildman–Crippen MR) is 87.5 cm³/mol. The van der Waals surface area contributed by atoms with Crippen LogP contribution in [0.3, 0.4) is 0 Å². The molecule has 0 saturated carbocycles. The van der Waals surface area contributed by atoms with E-state index in [0.29, 0.717) is 18.2 Å². The molecule has 104 valence electrons. The Bertz CT molecular complexity index is 604. The zero-order valence-corrected chi connectivity index (χ0v) is 13.1. The highest BCUT2D eigenvalue weighted by molar-refractivity contribution is 9.10. The fraction of sp³-hybridized carbons (Fsp3) is 0.133. The van der Waals surface area contributed by atoms with Crippen molar-refractivity contribution in [2.45, 2.75) is 0 Å². The second kappa shape index (κ2) is 7.26. The summed E-state index contributed by atoms with van der Waals surface area (Å²) >= 11 is 8.35. The van der Waals surface area contributed by atoms with Gasteiger partial charge in [-0.15, -0.1) is 0 Å². The molecule has 2 N–H and O–H groups in total. The highest BCUT2D eigenvalue weighted by atomic mass is 79.9. The Morgan fingerprint density at radius 3 is 2.55 bits per heavy atom. The summed E-state index contributed by atoms with van der Waals surface area (Å²) in [5.41, 5.74) is 6.37. The van der Waals surface area contributed by atoms with E-state index >= 15 is 0 Å². The van der Waals surface area contributed by atoms with E-state index in [1.54, 1.807) is 0 Å². The Labute approximate surface area is 131 Å². The SMILES string of the molecule is NC(=S)c1cccc(OCCOc2ccccc2Br)c1. The van der Waals surface area contributed by atoms with Crippen LogP contribution in [0.4, 0.5) is 0 Å². The topological polar surface area (TPSA) is 44.5 Å². The minimum Gasteiger partial charge on any atom is -0.490 e. The first-order valence-electron chi connectivity index (χ1n) is 6.07. The van der Waals surface area contributed by atoms with Crippen LogP contribution < -0.4 is 15.2 Å². The molecule has 2 rings (SSSR count). The number of hydrogen-bond acceptors (Lipinski definition) is 3. The van der Waals surface area contributed by atoms with Gasteiger partial charge in [-0.2, -0.15) is 0 Å². The highest BCUT2D eigenvalue weighted by Crippen LogP contribution is 2.23. The zero-order chi connectivity index (χ0) is 14.4. The summed E-state index contributed by atoms with van der Waals surface area (Å²) in [5, 5.41) is 0. The average Bonchev–Trinajstić information content (AvgIpc) is 2.45. The minimum absolute atomic E-state index is 0.361. The molecular formula is C15H14BrNO2S. The van der Waals surface area contributed by atoms with Gasteiger partial charge in [0.25, 0.3) is 0 Å². The van der Waals surface area contributed by atoms with E-state index in [1.807, 2.05) is 48.5 Å². The molecule has 0 amide bonds. The second-order valence-corrected chi connectivity index (χ2v) is 5.31. The Kier molecular flexibility index (Phi) is 5.38. The van der Waals surface area contributed by atoms with Gasteiger partial charge in [0.05, 0.1) is 4.47 Å². The molecule has 0 aliphatic carbocycles. The van der Waals surface area contributed by atoms with E-state index in [1.165, 1.54) is 0 Å². The lowest BCUT2D eigenvalue weighted by atomic mass is 10.2. The lowest BCUT2D eigenvalue weighted by Gasteiger charge is -2.10. The van der Waals surface area contributed by atoms with Crippen LogP contribution in [0.2, 0.25) is 0 Å². The molecule has 0 unspecified atom stereocenters. The molecular weight excluding hydrogens is 338 g/mol. The van der Waals surface area contributed by atoms with Crippen molar-refractivity contribution < 1.29 is 9.47 Å². The first kappa shape index (κ1) is 14.8. The van der Waals surface area contributed by atoms with Gasteiger partial charge in [0.15, 0.2) is 0 Å². The largest absolute Gasteiger partial charge is 0.490 e. The van der Waals surface area contributed by atoms with Crippen molar-refractivity contribution in [1.82, 2.24) is 0 Å². The van der Waals surface area contributed by atoms with Crippen LogP contribution in [0, 0.1) is 0 Å². The van der Waals surface area contributed by atoms with Crippen molar-refractivity contribution in [1.29, 1.82) is 0 Å². The Hall–Kier alpha value is -1.59. The Morgan fingerprint density at radius 2 is 1.80 bits per heavy atom. The van der Waals surface area contributed by atoms with Crippen LogP contribution in [0.25, 0.3) is 0 Å². The van der Waals surface area contributed by atoms with E-state index < -0.39 is 0 Å². The van der Waals surface area contributed by atoms with Crippen molar-refractivity contribution >= 4 is 33.1 Å². The van der Waals surface area contributed by atoms with Crippen molar-refractivity contribution in [3.05, 3.63) is 58.6 Å². The molecule has 0 atom stereocenters. The van der Waals surface area contributed by atoms with Crippen LogP contribution in [0.1, 0.15) is 5.56 Å². The van der Waals surface area contributed by atoms with Gasteiger partial charge in [0.1, 0.15) is 29.7 Å². The standard InChI is InChI=1S/C15H14BrNO2S/c16-13-6-1-2-7-14(13)19-9-8-18-12-5-3-4-11(10-12)15(17)20/h1-7,10H,8-9H2,(H2,17,20). The Balaban J connectivity index is 1.83. The third-order valence-corrected chi connectivity index (χ3v) is 3.46. The molecule has 5 heteroatoms. The second-order valence-electron chi connectivity index (χ2n) is 4.02. The number of benzene rings is 2. The van der Waals surface area contributed by atoms with Crippen molar-refractivity contribution in [2.24, 2.45) is 5.73 Å². The van der Waals surface area contributed by atoms with Gasteiger partial charge < -0.3 is 15.2 Å². The zero-order valence-electron chi connectivity index (χ0n) is 10.7. The van der Waals surface area contributed by atoms with Crippen LogP contribution in [-0.4, -0.2) is 18.2 Å². The molecule has 0 radical (unpaired) electrons. The van der Waals surface area contributed by atoms with E-state index in [-0.39, 0.29) is 0 Å². The van der Waals surface area contributed by atoms with E-state index in [0.717, 1.165) is 21.5 Å². The molecule has 0 aliphatic rings. The minimum atomic E-state index is 0.361. The maximum absolute atomic E-state index is 5.61. The molecule has 0 fully saturated rings. The quantitative estimate of drug-likeness (QED) is 0.638. The number of halogens is 1. The van der Waals surface area contributed by atoms with Crippen molar-refractivity contribution in [3.63, 3.8) is 0 Å². The van der Waals surface area contributed by atoms with Crippen LogP contribution in [-0.2, 0) is 0 Å². The molecule has 0 saturated heterocycles. The van der Waals surface area contributed by atoms with E-state index in [4.69, 9.17) is 27.4 Å². The van der Waals surface area contributed by atoms with Crippen molar-refractivity contribution in [2.75, 3.05) is 13.2 Å². The van der Waals surface area contributed by atoms with E-state index in [9.17, 15) is 0 Å². The maximum atomic E-state index is 5.61. The van der Waals surface area contributed by atoms with Crippen LogP contribution in [0.15, 0.2) is 53.0 Å². The van der Waals surface area contributed by atoms with Gasteiger partial charge in [-0.3, -0.25) is 0 Å². The van der Waals surface area contributed by atoms with Crippen LogP contribution >= 0.6 is 28.1 Å². The molecule has 3 nitrogen and oxygen atoms in total. The number of thiocarbonyl (C=S) groups is 1. The van der Waals surface area contributed by atoms with Gasteiger partial charge in [0.2, 0.25) is 0 Å². The normalized spacial score (nSPS) is 10.1. The molecule has 0 aromatic heterocycles. The molecule has 0 aliphatic heterocycles. The molecule has 0 heterocycles. The van der Waals surface area contributed by atoms with E-state index in [2.05, 4.69) is 15.9 Å². The van der Waals surface area contributed by atoms with Crippen molar-refractivity contribution in [3.8, 4) is 11.5 Å².